The molecule has 1 aliphatic carbocycles. The molecule has 0 aliphatic heterocycles. The molecule has 3 heteroatoms. The Bertz CT molecular complexity index is 151. The number of Topliss-reactive ketones (excluding diaryl/α,β-unsaturated/α-hetero) is 1. The van der Waals surface area contributed by atoms with Crippen LogP contribution in [-0.2, 0) is 4.79 Å². The highest BCUT2D eigenvalue weighted by molar-refractivity contribution is 9.25. The van der Waals surface area contributed by atoms with E-state index in [9.17, 15) is 4.79 Å². The smallest absolute Gasteiger partial charge is 0.157 e. The number of carbonyl (C=O) groups is 1. The third-order valence-corrected chi connectivity index (χ3v) is 3.48. The van der Waals surface area contributed by atoms with Crippen LogP contribution in [0.25, 0.3) is 0 Å². The fourth-order valence-corrected chi connectivity index (χ4v) is 2.14. The number of halogens is 2. The maximum absolute atomic E-state index is 11.3. The van der Waals surface area contributed by atoms with Crippen LogP contribution in [0.2, 0.25) is 0 Å². The first kappa shape index (κ1) is 10.7. The monoisotopic (exact) mass is 296 g/mol. The molecule has 1 nitrogen and oxygen atoms in total. The Morgan fingerprint density at radius 2 is 1.83 bits per heavy atom. The molecule has 1 aliphatic rings. The average molecular weight is 298 g/mol. The van der Waals surface area contributed by atoms with Gasteiger partial charge >= 0.3 is 0 Å². The molecule has 0 saturated heterocycles. The summed E-state index contributed by atoms with van der Waals surface area (Å²) in [5.74, 6) is 0.950. The minimum absolute atomic E-state index is 0.132. The number of hydrogen-bond donors (Lipinski definition) is 0. The molecular weight excluding hydrogens is 284 g/mol. The highest BCUT2D eigenvalue weighted by atomic mass is 79.9. The Labute approximate surface area is 90.5 Å². The van der Waals surface area contributed by atoms with Crippen molar-refractivity contribution in [3.8, 4) is 0 Å². The van der Waals surface area contributed by atoms with Crippen LogP contribution in [0, 0.1) is 5.92 Å². The molecule has 1 rings (SSSR count). The fourth-order valence-electron chi connectivity index (χ4n) is 1.76. The first-order valence-corrected chi connectivity index (χ1v) is 6.34. The van der Waals surface area contributed by atoms with Gasteiger partial charge < -0.3 is 0 Å². The van der Waals surface area contributed by atoms with Gasteiger partial charge in [-0.3, -0.25) is 4.79 Å². The minimum atomic E-state index is -0.132. The van der Waals surface area contributed by atoms with Crippen LogP contribution in [0.1, 0.15) is 38.5 Å². The normalized spacial score (nSPS) is 19.9. The van der Waals surface area contributed by atoms with E-state index in [1.165, 1.54) is 32.1 Å². The van der Waals surface area contributed by atoms with Crippen molar-refractivity contribution in [2.24, 2.45) is 5.92 Å². The van der Waals surface area contributed by atoms with Gasteiger partial charge in [0.2, 0.25) is 0 Å². The van der Waals surface area contributed by atoms with Gasteiger partial charge in [-0.05, 0) is 5.92 Å². The van der Waals surface area contributed by atoms with Crippen LogP contribution in [0.15, 0.2) is 0 Å². The second-order valence-corrected chi connectivity index (χ2v) is 6.54. The van der Waals surface area contributed by atoms with E-state index in [1.807, 2.05) is 0 Å². The second-order valence-electron chi connectivity index (χ2n) is 3.48. The van der Waals surface area contributed by atoms with Crippen LogP contribution < -0.4 is 0 Å². The molecule has 0 aromatic carbocycles. The van der Waals surface area contributed by atoms with Gasteiger partial charge in [-0.25, -0.2) is 0 Å². The molecule has 0 aromatic heterocycles. The zero-order valence-corrected chi connectivity index (χ0v) is 10.2. The summed E-state index contributed by atoms with van der Waals surface area (Å²) in [6.07, 6.45) is 7.23. The van der Waals surface area contributed by atoms with E-state index in [4.69, 9.17) is 0 Å². The largest absolute Gasteiger partial charge is 0.297 e. The third-order valence-electron chi connectivity index (χ3n) is 2.46. The second kappa shape index (κ2) is 5.38. The lowest BCUT2D eigenvalue weighted by molar-refractivity contribution is -0.118. The molecule has 1 fully saturated rings. The predicted molar refractivity (Wildman–Crippen MR) is 57.8 cm³/mol. The predicted octanol–water partition coefficient (Wildman–Crippen LogP) is 3.64. The van der Waals surface area contributed by atoms with E-state index in [-0.39, 0.29) is 3.74 Å². The van der Waals surface area contributed by atoms with Crippen LogP contribution in [-0.4, -0.2) is 9.52 Å². The topological polar surface area (TPSA) is 17.1 Å². The van der Waals surface area contributed by atoms with Crippen LogP contribution in [0.3, 0.4) is 0 Å². The molecule has 0 bridgehead atoms. The van der Waals surface area contributed by atoms with E-state index < -0.39 is 0 Å². The Hall–Kier alpha value is 0.630. The number of ketones is 1. The van der Waals surface area contributed by atoms with Crippen molar-refractivity contribution in [2.45, 2.75) is 42.3 Å². The van der Waals surface area contributed by atoms with E-state index in [0.717, 1.165) is 6.42 Å². The van der Waals surface area contributed by atoms with Crippen molar-refractivity contribution in [2.75, 3.05) is 0 Å². The van der Waals surface area contributed by atoms with E-state index in [2.05, 4.69) is 31.9 Å². The van der Waals surface area contributed by atoms with Crippen molar-refractivity contribution in [3.63, 3.8) is 0 Å². The molecule has 0 radical (unpaired) electrons. The summed E-state index contributed by atoms with van der Waals surface area (Å²) >= 11 is 6.47. The zero-order valence-electron chi connectivity index (χ0n) is 7.06. The Morgan fingerprint density at radius 1 is 1.25 bits per heavy atom. The summed E-state index contributed by atoms with van der Waals surface area (Å²) in [4.78, 5) is 11.3. The third kappa shape index (κ3) is 3.56. The average Bonchev–Trinajstić information content (AvgIpc) is 2.06. The fraction of sp³-hybridized carbons (Fsp3) is 0.889. The molecule has 0 heterocycles. The van der Waals surface area contributed by atoms with Gasteiger partial charge in [-0.2, -0.15) is 0 Å². The Balaban J connectivity index is 2.24. The molecule has 0 atom stereocenters. The number of alkyl halides is 2. The molecule has 0 amide bonds. The lowest BCUT2D eigenvalue weighted by Crippen LogP contribution is -2.15. The zero-order chi connectivity index (χ0) is 8.97. The Kier molecular flexibility index (Phi) is 4.80. The van der Waals surface area contributed by atoms with Gasteiger partial charge in [-0.1, -0.05) is 64.0 Å². The van der Waals surface area contributed by atoms with E-state index in [1.54, 1.807) is 0 Å². The summed E-state index contributed by atoms with van der Waals surface area (Å²) in [5, 5.41) is 0. The summed E-state index contributed by atoms with van der Waals surface area (Å²) in [6.45, 7) is 0. The maximum Gasteiger partial charge on any atom is 0.157 e. The van der Waals surface area contributed by atoms with Crippen molar-refractivity contribution in [1.82, 2.24) is 0 Å². The van der Waals surface area contributed by atoms with Crippen molar-refractivity contribution < 1.29 is 4.79 Å². The highest BCUT2D eigenvalue weighted by Gasteiger charge is 2.19. The number of hydrogen-bond acceptors (Lipinski definition) is 1. The lowest BCUT2D eigenvalue weighted by Gasteiger charge is -2.20. The lowest BCUT2D eigenvalue weighted by atomic mass is 9.86. The van der Waals surface area contributed by atoms with Gasteiger partial charge in [0, 0.05) is 6.42 Å². The summed E-state index contributed by atoms with van der Waals surface area (Å²) in [5.41, 5.74) is 0. The number of rotatable bonds is 3. The molecule has 0 spiro atoms. The SMILES string of the molecule is O=C(CC1CCCCC1)C(Br)Br. The van der Waals surface area contributed by atoms with Crippen molar-refractivity contribution in [3.05, 3.63) is 0 Å². The van der Waals surface area contributed by atoms with Gasteiger partial charge in [0.15, 0.2) is 5.78 Å². The van der Waals surface area contributed by atoms with Crippen LogP contribution >= 0.6 is 31.9 Å². The van der Waals surface area contributed by atoms with Crippen LogP contribution in [0.5, 0.6) is 0 Å². The molecule has 1 saturated carbocycles. The standard InChI is InChI=1S/C9H14Br2O/c10-9(11)8(12)6-7-4-2-1-3-5-7/h7,9H,1-6H2. The highest BCUT2D eigenvalue weighted by Crippen LogP contribution is 2.28. The van der Waals surface area contributed by atoms with E-state index in [0.29, 0.717) is 11.7 Å². The number of carbonyl (C=O) groups excluding carboxylic acids is 1. The first-order valence-electron chi connectivity index (χ1n) is 4.51. The van der Waals surface area contributed by atoms with Gasteiger partial charge in [-0.15, -0.1) is 0 Å². The molecular formula is C9H14Br2O. The van der Waals surface area contributed by atoms with Crippen molar-refractivity contribution >= 4 is 37.6 Å². The first-order chi connectivity index (χ1) is 5.70. The molecule has 0 aromatic rings. The summed E-state index contributed by atoms with van der Waals surface area (Å²) in [6, 6.07) is 0. The van der Waals surface area contributed by atoms with Crippen molar-refractivity contribution in [1.29, 1.82) is 0 Å². The van der Waals surface area contributed by atoms with Gasteiger partial charge in [0.25, 0.3) is 0 Å². The molecule has 12 heavy (non-hydrogen) atoms. The van der Waals surface area contributed by atoms with Gasteiger partial charge in [0.05, 0.1) is 0 Å². The maximum atomic E-state index is 11.3. The molecule has 0 unspecified atom stereocenters. The molecule has 70 valence electrons. The Morgan fingerprint density at radius 3 is 2.33 bits per heavy atom. The van der Waals surface area contributed by atoms with Crippen LogP contribution in [0.4, 0.5) is 0 Å². The van der Waals surface area contributed by atoms with E-state index >= 15 is 0 Å². The van der Waals surface area contributed by atoms with Gasteiger partial charge in [0.1, 0.15) is 3.74 Å². The summed E-state index contributed by atoms with van der Waals surface area (Å²) < 4.78 is -0.132. The summed E-state index contributed by atoms with van der Waals surface area (Å²) in [7, 11) is 0. The quantitative estimate of drug-likeness (QED) is 0.727. The molecule has 0 N–H and O–H groups in total. The minimum Gasteiger partial charge on any atom is -0.297 e.